The molecule has 1 fully saturated rings. The van der Waals surface area contributed by atoms with Crippen molar-refractivity contribution in [3.05, 3.63) is 0 Å². The molecule has 1 rings (SSSR count). The molecular weight excluding hydrogens is 378 g/mol. The van der Waals surface area contributed by atoms with Crippen molar-refractivity contribution in [3.8, 4) is 12.3 Å². The Morgan fingerprint density at radius 3 is 2.53 bits per heavy atom. The third kappa shape index (κ3) is 13.7. The molecule has 0 radical (unpaired) electrons. The number of hydrogen-bond donors (Lipinski definition) is 5. The second kappa shape index (κ2) is 17.4. The number of terminal acetylenes is 1. The largest absolute Gasteiger partial charge is 0.370 e. The van der Waals surface area contributed by atoms with Gasteiger partial charge >= 0.3 is 6.03 Å². The van der Waals surface area contributed by atoms with E-state index in [1.54, 1.807) is 0 Å². The van der Waals surface area contributed by atoms with Crippen molar-refractivity contribution < 1.29 is 4.79 Å². The molecule has 1 aliphatic rings. The average molecular weight is 420 g/mol. The SMILES string of the molecule is C#CCNC(N)=NCCCCCCCCN1CCCCCCCCNC(=N)NC1=O. The van der Waals surface area contributed by atoms with E-state index in [1.807, 2.05) is 4.90 Å². The molecule has 0 bridgehead atoms. The van der Waals surface area contributed by atoms with E-state index in [-0.39, 0.29) is 12.0 Å². The zero-order valence-electron chi connectivity index (χ0n) is 18.5. The molecule has 0 spiro atoms. The number of amides is 2. The summed E-state index contributed by atoms with van der Waals surface area (Å²) >= 11 is 0. The van der Waals surface area contributed by atoms with Gasteiger partial charge in [-0.2, -0.15) is 0 Å². The Kier molecular flexibility index (Phi) is 14.9. The van der Waals surface area contributed by atoms with Crippen LogP contribution < -0.4 is 21.7 Å². The van der Waals surface area contributed by atoms with E-state index in [4.69, 9.17) is 17.6 Å². The summed E-state index contributed by atoms with van der Waals surface area (Å²) < 4.78 is 0. The van der Waals surface area contributed by atoms with Crippen molar-refractivity contribution in [1.82, 2.24) is 20.9 Å². The van der Waals surface area contributed by atoms with Crippen LogP contribution in [0.3, 0.4) is 0 Å². The second-order valence-corrected chi connectivity index (χ2v) is 7.79. The molecule has 2 amide bonds. The zero-order valence-corrected chi connectivity index (χ0v) is 18.5. The fourth-order valence-corrected chi connectivity index (χ4v) is 3.41. The maximum atomic E-state index is 12.5. The van der Waals surface area contributed by atoms with Crippen LogP contribution in [0.5, 0.6) is 0 Å². The minimum Gasteiger partial charge on any atom is -0.370 e. The van der Waals surface area contributed by atoms with E-state index in [2.05, 4.69) is 26.9 Å². The smallest absolute Gasteiger partial charge is 0.324 e. The Balaban J connectivity index is 2.19. The molecule has 6 N–H and O–H groups in total. The maximum Gasteiger partial charge on any atom is 0.324 e. The lowest BCUT2D eigenvalue weighted by molar-refractivity contribution is 0.200. The molecular formula is C22H41N7O. The van der Waals surface area contributed by atoms with Gasteiger partial charge in [-0.1, -0.05) is 57.3 Å². The van der Waals surface area contributed by atoms with Crippen molar-refractivity contribution in [2.24, 2.45) is 10.7 Å². The summed E-state index contributed by atoms with van der Waals surface area (Å²) in [5.74, 6) is 2.99. The van der Waals surface area contributed by atoms with Gasteiger partial charge in [-0.3, -0.25) is 15.7 Å². The van der Waals surface area contributed by atoms with Gasteiger partial charge in [0.15, 0.2) is 11.9 Å². The van der Waals surface area contributed by atoms with Gasteiger partial charge in [0.2, 0.25) is 0 Å². The van der Waals surface area contributed by atoms with E-state index in [1.165, 1.54) is 25.7 Å². The van der Waals surface area contributed by atoms with Gasteiger partial charge in [0.25, 0.3) is 0 Å². The molecule has 0 aliphatic carbocycles. The Morgan fingerprint density at radius 1 is 1.10 bits per heavy atom. The predicted octanol–water partition coefficient (Wildman–Crippen LogP) is 2.75. The fraction of sp³-hybridized carbons (Fsp3) is 0.773. The molecule has 0 aromatic heterocycles. The number of carbonyl (C=O) groups is 1. The Bertz CT molecular complexity index is 556. The molecule has 170 valence electrons. The normalized spacial score (nSPS) is 17.0. The van der Waals surface area contributed by atoms with E-state index < -0.39 is 0 Å². The first-order valence-electron chi connectivity index (χ1n) is 11.5. The molecule has 30 heavy (non-hydrogen) atoms. The number of unbranched alkanes of at least 4 members (excludes halogenated alkanes) is 5. The molecule has 1 saturated heterocycles. The van der Waals surface area contributed by atoms with Gasteiger partial charge in [0.1, 0.15) is 0 Å². The van der Waals surface area contributed by atoms with Gasteiger partial charge in [-0.15, -0.1) is 6.42 Å². The number of urea groups is 1. The minimum atomic E-state index is -0.152. The molecule has 0 aromatic carbocycles. The second-order valence-electron chi connectivity index (χ2n) is 7.79. The van der Waals surface area contributed by atoms with Gasteiger partial charge in [0, 0.05) is 26.2 Å². The number of carbonyl (C=O) groups excluding carboxylic acids is 1. The van der Waals surface area contributed by atoms with Crippen LogP contribution in [-0.4, -0.2) is 55.6 Å². The van der Waals surface area contributed by atoms with Crippen molar-refractivity contribution in [1.29, 1.82) is 5.41 Å². The first-order chi connectivity index (χ1) is 14.6. The highest BCUT2D eigenvalue weighted by Crippen LogP contribution is 2.10. The lowest BCUT2D eigenvalue weighted by atomic mass is 10.1. The molecule has 0 saturated carbocycles. The van der Waals surface area contributed by atoms with Crippen LogP contribution in [0.15, 0.2) is 4.99 Å². The number of rotatable bonds is 10. The van der Waals surface area contributed by atoms with Gasteiger partial charge in [-0.25, -0.2) is 4.79 Å². The topological polar surface area (TPSA) is 119 Å². The first kappa shape index (κ1) is 25.6. The number of aliphatic imine (C=N–C) groups is 1. The summed E-state index contributed by atoms with van der Waals surface area (Å²) in [4.78, 5) is 18.6. The van der Waals surface area contributed by atoms with Crippen LogP contribution >= 0.6 is 0 Å². The lowest BCUT2D eigenvalue weighted by Crippen LogP contribution is -2.48. The number of nitrogens with two attached hydrogens (primary N) is 1. The van der Waals surface area contributed by atoms with Gasteiger partial charge < -0.3 is 21.3 Å². The number of nitrogens with zero attached hydrogens (tertiary/aromatic N) is 2. The van der Waals surface area contributed by atoms with Crippen molar-refractivity contribution >= 4 is 18.0 Å². The van der Waals surface area contributed by atoms with E-state index in [0.717, 1.165) is 77.5 Å². The summed E-state index contributed by atoms with van der Waals surface area (Å²) in [7, 11) is 0. The van der Waals surface area contributed by atoms with Crippen molar-refractivity contribution in [3.63, 3.8) is 0 Å². The minimum absolute atomic E-state index is 0.113. The molecule has 1 heterocycles. The Labute approximate surface area is 182 Å². The van der Waals surface area contributed by atoms with Crippen molar-refractivity contribution in [2.45, 2.75) is 77.0 Å². The van der Waals surface area contributed by atoms with Crippen LogP contribution in [-0.2, 0) is 0 Å². The van der Waals surface area contributed by atoms with Crippen LogP contribution in [0.25, 0.3) is 0 Å². The zero-order chi connectivity index (χ0) is 21.9. The van der Waals surface area contributed by atoms with Crippen LogP contribution in [0, 0.1) is 17.8 Å². The highest BCUT2D eigenvalue weighted by Gasteiger charge is 2.14. The van der Waals surface area contributed by atoms with E-state index in [9.17, 15) is 4.79 Å². The maximum absolute atomic E-state index is 12.5. The summed E-state index contributed by atoms with van der Waals surface area (Å²) in [5.41, 5.74) is 5.68. The quantitative estimate of drug-likeness (QED) is 0.162. The fourth-order valence-electron chi connectivity index (χ4n) is 3.41. The monoisotopic (exact) mass is 419 g/mol. The van der Waals surface area contributed by atoms with E-state index in [0.29, 0.717) is 12.5 Å². The average Bonchev–Trinajstić information content (AvgIpc) is 2.74. The highest BCUT2D eigenvalue weighted by molar-refractivity contribution is 5.94. The Hall–Kier alpha value is -2.43. The molecule has 0 unspecified atom stereocenters. The first-order valence-corrected chi connectivity index (χ1v) is 11.5. The third-order valence-corrected chi connectivity index (χ3v) is 5.17. The van der Waals surface area contributed by atoms with Crippen LogP contribution in [0.4, 0.5) is 4.79 Å². The number of nitrogens with one attached hydrogen (secondary N) is 4. The van der Waals surface area contributed by atoms with Crippen molar-refractivity contribution in [2.75, 3.05) is 32.7 Å². The summed E-state index contributed by atoms with van der Waals surface area (Å²) in [6.45, 7) is 3.39. The molecule has 0 atom stereocenters. The lowest BCUT2D eigenvalue weighted by Gasteiger charge is -2.23. The van der Waals surface area contributed by atoms with Crippen LogP contribution in [0.2, 0.25) is 0 Å². The predicted molar refractivity (Wildman–Crippen MR) is 125 cm³/mol. The summed E-state index contributed by atoms with van der Waals surface area (Å²) in [5, 5.41) is 16.4. The number of hydrogen-bond acceptors (Lipinski definition) is 3. The van der Waals surface area contributed by atoms with Gasteiger partial charge in [-0.05, 0) is 25.7 Å². The van der Waals surface area contributed by atoms with Crippen LogP contribution in [0.1, 0.15) is 77.0 Å². The molecule has 8 heteroatoms. The molecule has 0 aromatic rings. The number of guanidine groups is 2. The third-order valence-electron chi connectivity index (χ3n) is 5.17. The standard InChI is InChI=1S/C22H41N7O/c1-2-15-25-20(23)26-16-11-7-3-5-9-13-18-29-19-14-10-6-4-8-12-17-27-21(24)28-22(29)30/h1H,3-19H2,(H3,23,25,26)(H3,24,27,28,30). The van der Waals surface area contributed by atoms with Gasteiger partial charge in [0.05, 0.1) is 6.54 Å². The molecule has 1 aliphatic heterocycles. The highest BCUT2D eigenvalue weighted by atomic mass is 16.2. The van der Waals surface area contributed by atoms with E-state index >= 15 is 0 Å². The summed E-state index contributed by atoms with van der Waals surface area (Å²) in [6.07, 6.45) is 18.6. The summed E-state index contributed by atoms with van der Waals surface area (Å²) in [6, 6.07) is -0.152. The Morgan fingerprint density at radius 2 is 1.77 bits per heavy atom. The molecule has 8 nitrogen and oxygen atoms in total.